The van der Waals surface area contributed by atoms with Crippen LogP contribution >= 0.6 is 11.3 Å². The Balaban J connectivity index is 2.72. The van der Waals surface area contributed by atoms with Crippen LogP contribution in [-0.2, 0) is 11.3 Å². The van der Waals surface area contributed by atoms with Crippen molar-refractivity contribution < 1.29 is 23.1 Å². The molecule has 1 heterocycles. The largest absolute Gasteiger partial charge is 0.480 e. The van der Waals surface area contributed by atoms with Gasteiger partial charge < -0.3 is 5.11 Å². The van der Waals surface area contributed by atoms with E-state index in [4.69, 9.17) is 5.11 Å². The number of hydrogen-bond acceptors (Lipinski definition) is 4. The number of carboxylic acid groups (broad SMARTS) is 1. The van der Waals surface area contributed by atoms with E-state index < -0.39 is 25.2 Å². The average Bonchev–Trinajstić information content (AvgIpc) is 2.62. The van der Waals surface area contributed by atoms with Crippen LogP contribution < -0.4 is 0 Å². The Labute approximate surface area is 112 Å². The Kier molecular flexibility index (Phi) is 5.30. The molecule has 4 nitrogen and oxygen atoms in total. The number of nitrogens with zero attached hydrogens (tertiary/aromatic N) is 2. The third-order valence-electron chi connectivity index (χ3n) is 2.21. The number of aromatic nitrogens is 1. The maximum atomic E-state index is 12.3. The summed E-state index contributed by atoms with van der Waals surface area (Å²) >= 11 is 1.37. The highest BCUT2D eigenvalue weighted by molar-refractivity contribution is 7.09. The molecule has 0 bridgehead atoms. The van der Waals surface area contributed by atoms with Gasteiger partial charge >= 0.3 is 12.1 Å². The lowest BCUT2D eigenvalue weighted by molar-refractivity contribution is -0.154. The van der Waals surface area contributed by atoms with Gasteiger partial charge in [0.05, 0.1) is 23.8 Å². The molecule has 1 aromatic heterocycles. The molecular weight excluding hydrogens is 281 g/mol. The van der Waals surface area contributed by atoms with Gasteiger partial charge in [0.2, 0.25) is 0 Å². The first-order valence-corrected chi connectivity index (χ1v) is 6.50. The van der Waals surface area contributed by atoms with Gasteiger partial charge in [-0.05, 0) is 0 Å². The summed E-state index contributed by atoms with van der Waals surface area (Å²) in [5, 5.41) is 11.1. The monoisotopic (exact) mass is 296 g/mol. The summed E-state index contributed by atoms with van der Waals surface area (Å²) in [6.45, 7) is 1.84. The van der Waals surface area contributed by atoms with E-state index >= 15 is 0 Å². The second-order valence-corrected chi connectivity index (χ2v) is 5.38. The number of alkyl halides is 3. The van der Waals surface area contributed by atoms with Gasteiger partial charge in [-0.25, -0.2) is 4.98 Å². The Morgan fingerprint density at radius 3 is 2.58 bits per heavy atom. The summed E-state index contributed by atoms with van der Waals surface area (Å²) in [6, 6.07) is 0. The zero-order valence-corrected chi connectivity index (χ0v) is 11.4. The quantitative estimate of drug-likeness (QED) is 0.877. The van der Waals surface area contributed by atoms with Gasteiger partial charge in [-0.15, -0.1) is 11.3 Å². The first-order chi connectivity index (χ1) is 8.67. The average molecular weight is 296 g/mol. The Hall–Kier alpha value is -1.15. The first-order valence-electron chi connectivity index (χ1n) is 5.62. The molecule has 1 N–H and O–H groups in total. The fourth-order valence-corrected chi connectivity index (χ4v) is 2.33. The molecule has 0 amide bonds. The summed E-state index contributed by atoms with van der Waals surface area (Å²) in [4.78, 5) is 15.6. The highest BCUT2D eigenvalue weighted by atomic mass is 32.1. The SMILES string of the molecule is CC(C)c1nc(CN(CC(=O)O)CC(F)(F)F)cs1. The molecule has 0 aliphatic heterocycles. The molecule has 1 aromatic rings. The molecule has 0 aliphatic rings. The third-order valence-corrected chi connectivity index (χ3v) is 3.40. The van der Waals surface area contributed by atoms with E-state index in [-0.39, 0.29) is 12.5 Å². The number of halogens is 3. The fraction of sp³-hybridized carbons (Fsp3) is 0.636. The molecule has 0 aliphatic carbocycles. The molecule has 0 saturated heterocycles. The molecule has 0 aromatic carbocycles. The molecule has 19 heavy (non-hydrogen) atoms. The molecule has 0 spiro atoms. The maximum Gasteiger partial charge on any atom is 0.401 e. The number of rotatable bonds is 6. The van der Waals surface area contributed by atoms with Gasteiger partial charge in [0.15, 0.2) is 0 Å². The van der Waals surface area contributed by atoms with Crippen LogP contribution in [0.1, 0.15) is 30.5 Å². The number of aliphatic carboxylic acids is 1. The Morgan fingerprint density at radius 2 is 2.16 bits per heavy atom. The van der Waals surface area contributed by atoms with E-state index in [1.807, 2.05) is 13.8 Å². The lowest BCUT2D eigenvalue weighted by Crippen LogP contribution is -2.37. The van der Waals surface area contributed by atoms with Crippen molar-refractivity contribution in [3.05, 3.63) is 16.1 Å². The highest BCUT2D eigenvalue weighted by Gasteiger charge is 2.31. The molecule has 0 fully saturated rings. The summed E-state index contributed by atoms with van der Waals surface area (Å²) in [6.07, 6.45) is -4.42. The minimum Gasteiger partial charge on any atom is -0.480 e. The van der Waals surface area contributed by atoms with Crippen molar-refractivity contribution in [3.63, 3.8) is 0 Å². The van der Waals surface area contributed by atoms with Gasteiger partial charge in [0.25, 0.3) is 0 Å². The van der Waals surface area contributed by atoms with Crippen molar-refractivity contribution in [1.82, 2.24) is 9.88 Å². The fourth-order valence-electron chi connectivity index (χ4n) is 1.50. The lowest BCUT2D eigenvalue weighted by Gasteiger charge is -2.20. The molecule has 108 valence electrons. The van der Waals surface area contributed by atoms with E-state index in [0.29, 0.717) is 5.69 Å². The topological polar surface area (TPSA) is 53.4 Å². The van der Waals surface area contributed by atoms with Crippen LogP contribution in [0.4, 0.5) is 13.2 Å². The zero-order chi connectivity index (χ0) is 14.6. The van der Waals surface area contributed by atoms with E-state index in [2.05, 4.69) is 4.98 Å². The maximum absolute atomic E-state index is 12.3. The van der Waals surface area contributed by atoms with Crippen LogP contribution in [0.3, 0.4) is 0 Å². The zero-order valence-electron chi connectivity index (χ0n) is 10.6. The van der Waals surface area contributed by atoms with Crippen molar-refractivity contribution in [2.75, 3.05) is 13.1 Å². The summed E-state index contributed by atoms with van der Waals surface area (Å²) in [7, 11) is 0. The van der Waals surface area contributed by atoms with E-state index in [9.17, 15) is 18.0 Å². The Bertz CT molecular complexity index is 432. The van der Waals surface area contributed by atoms with Gasteiger partial charge in [0.1, 0.15) is 0 Å². The van der Waals surface area contributed by atoms with Crippen molar-refractivity contribution in [2.24, 2.45) is 0 Å². The minimum absolute atomic E-state index is 0.116. The summed E-state index contributed by atoms with van der Waals surface area (Å²) in [5.74, 6) is -1.09. The third kappa shape index (κ3) is 6.02. The molecule has 1 rings (SSSR count). The van der Waals surface area contributed by atoms with Crippen LogP contribution in [0.2, 0.25) is 0 Å². The Morgan fingerprint density at radius 1 is 1.53 bits per heavy atom. The highest BCUT2D eigenvalue weighted by Crippen LogP contribution is 2.22. The number of carbonyl (C=O) groups is 1. The van der Waals surface area contributed by atoms with Gasteiger partial charge in [-0.1, -0.05) is 13.8 Å². The smallest absolute Gasteiger partial charge is 0.401 e. The normalized spacial score (nSPS) is 12.4. The molecule has 0 radical (unpaired) electrons. The van der Waals surface area contributed by atoms with Crippen molar-refractivity contribution in [2.45, 2.75) is 32.5 Å². The van der Waals surface area contributed by atoms with Crippen molar-refractivity contribution in [1.29, 1.82) is 0 Å². The number of thiazole rings is 1. The molecule has 0 unspecified atom stereocenters. The lowest BCUT2D eigenvalue weighted by atomic mass is 10.2. The number of carboxylic acids is 1. The molecule has 8 heteroatoms. The van der Waals surface area contributed by atoms with Crippen LogP contribution in [0.15, 0.2) is 5.38 Å². The minimum atomic E-state index is -4.42. The van der Waals surface area contributed by atoms with Crippen molar-refractivity contribution >= 4 is 17.3 Å². The first kappa shape index (κ1) is 15.9. The van der Waals surface area contributed by atoms with Crippen LogP contribution in [0, 0.1) is 0 Å². The predicted molar refractivity (Wildman–Crippen MR) is 65.2 cm³/mol. The molecule has 0 atom stereocenters. The van der Waals surface area contributed by atoms with E-state index in [1.54, 1.807) is 5.38 Å². The van der Waals surface area contributed by atoms with Gasteiger partial charge in [-0.3, -0.25) is 9.69 Å². The number of hydrogen-bond donors (Lipinski definition) is 1. The van der Waals surface area contributed by atoms with Gasteiger partial charge in [0, 0.05) is 17.8 Å². The van der Waals surface area contributed by atoms with E-state index in [0.717, 1.165) is 9.91 Å². The standard InChI is InChI=1S/C11H15F3N2O2S/c1-7(2)10-15-8(5-19-10)3-16(4-9(17)18)6-11(12,13)14/h5,7H,3-4,6H2,1-2H3,(H,17,18). The molecule has 0 saturated carbocycles. The van der Waals surface area contributed by atoms with Gasteiger partial charge in [-0.2, -0.15) is 13.2 Å². The van der Waals surface area contributed by atoms with Crippen LogP contribution in [-0.4, -0.2) is 40.2 Å². The second-order valence-electron chi connectivity index (χ2n) is 4.49. The predicted octanol–water partition coefficient (Wildman–Crippen LogP) is 2.72. The van der Waals surface area contributed by atoms with Crippen LogP contribution in [0.5, 0.6) is 0 Å². The second kappa shape index (κ2) is 6.33. The molecular formula is C11H15F3N2O2S. The van der Waals surface area contributed by atoms with E-state index in [1.165, 1.54) is 11.3 Å². The van der Waals surface area contributed by atoms with Crippen molar-refractivity contribution in [3.8, 4) is 0 Å². The summed E-state index contributed by atoms with van der Waals surface area (Å²) < 4.78 is 37.0. The van der Waals surface area contributed by atoms with Crippen LogP contribution in [0.25, 0.3) is 0 Å². The summed E-state index contributed by atoms with van der Waals surface area (Å²) in [5.41, 5.74) is 0.471.